The topological polar surface area (TPSA) is 66.8 Å². The average molecular weight is 432 g/mol. The molecule has 1 aliphatic rings. The van der Waals surface area contributed by atoms with Crippen LogP contribution in [0.2, 0.25) is 0 Å². The summed E-state index contributed by atoms with van der Waals surface area (Å²) in [7, 11) is 1.20. The number of amides is 1. The van der Waals surface area contributed by atoms with Crippen LogP contribution in [0.3, 0.4) is 0 Å². The first-order valence-electron chi connectivity index (χ1n) is 7.94. The number of hydrogen-bond donors (Lipinski definition) is 1. The van der Waals surface area contributed by atoms with E-state index in [1.54, 1.807) is 18.2 Å². The smallest absolute Gasteiger partial charge is 0.340 e. The number of phenols is 1. The fourth-order valence-electron chi connectivity index (χ4n) is 2.90. The molecule has 0 aromatic heterocycles. The van der Waals surface area contributed by atoms with Crippen LogP contribution in [0.5, 0.6) is 5.75 Å². The molecule has 0 spiro atoms. The van der Waals surface area contributed by atoms with Gasteiger partial charge in [0.25, 0.3) is 5.91 Å². The molecule has 5 nitrogen and oxygen atoms in total. The number of hydrogen-bond acceptors (Lipinski definition) is 4. The number of allylic oxidation sites excluding steroid dienone is 1. The normalized spacial score (nSPS) is 15.6. The first-order chi connectivity index (χ1) is 12.8. The third-order valence-electron chi connectivity index (χ3n) is 4.17. The molecular weight excluding hydrogens is 417 g/mol. The lowest BCUT2D eigenvalue weighted by atomic mass is 10.0. The monoisotopic (exact) mass is 431 g/mol. The minimum absolute atomic E-state index is 0.0102. The van der Waals surface area contributed by atoms with Gasteiger partial charge in [0.2, 0.25) is 0 Å². The number of ether oxygens (including phenoxy) is 1. The zero-order valence-corrected chi connectivity index (χ0v) is 16.1. The Labute approximate surface area is 163 Å². The molecule has 0 atom stereocenters. The van der Waals surface area contributed by atoms with E-state index in [0.717, 1.165) is 4.90 Å². The minimum atomic E-state index is -0.722. The lowest BCUT2D eigenvalue weighted by Crippen LogP contribution is -2.25. The summed E-state index contributed by atoms with van der Waals surface area (Å²) in [6.07, 6.45) is 1.39. The standard InChI is InChI=1S/C20H15BrFNO4/c1-11-18(20(26)27-2)14(10-12-9-13(21)7-8-17(12)24)19(25)23(11)16-6-4-3-5-15(16)22/h3-10,24H,1-2H3/b14-10-. The number of anilines is 1. The summed E-state index contributed by atoms with van der Waals surface area (Å²) in [5.74, 6) is -1.97. The van der Waals surface area contributed by atoms with E-state index >= 15 is 0 Å². The first kappa shape index (κ1) is 18.8. The van der Waals surface area contributed by atoms with Crippen molar-refractivity contribution in [2.45, 2.75) is 6.92 Å². The molecule has 7 heteroatoms. The van der Waals surface area contributed by atoms with Crippen molar-refractivity contribution in [1.29, 1.82) is 0 Å². The van der Waals surface area contributed by atoms with Gasteiger partial charge in [0.05, 0.1) is 23.9 Å². The van der Waals surface area contributed by atoms with Crippen LogP contribution in [0.4, 0.5) is 10.1 Å². The van der Waals surface area contributed by atoms with Crippen LogP contribution < -0.4 is 4.90 Å². The number of carbonyl (C=O) groups excluding carboxylic acids is 2. The Balaban J connectivity index is 2.21. The maximum Gasteiger partial charge on any atom is 0.340 e. The number of carbonyl (C=O) groups is 2. The zero-order chi connectivity index (χ0) is 19.7. The number of para-hydroxylation sites is 1. The fraction of sp³-hybridized carbons (Fsp3) is 0.100. The third kappa shape index (κ3) is 3.38. The second kappa shape index (κ2) is 7.36. The van der Waals surface area contributed by atoms with E-state index in [9.17, 15) is 19.1 Å². The molecule has 0 bridgehead atoms. The molecule has 1 heterocycles. The Morgan fingerprint density at radius 1 is 1.26 bits per heavy atom. The number of esters is 1. The predicted octanol–water partition coefficient (Wildman–Crippen LogP) is 4.17. The molecule has 3 rings (SSSR count). The molecule has 0 aliphatic carbocycles. The van der Waals surface area contributed by atoms with Gasteiger partial charge < -0.3 is 9.84 Å². The number of benzene rings is 2. The van der Waals surface area contributed by atoms with Crippen molar-refractivity contribution in [3.8, 4) is 5.75 Å². The van der Waals surface area contributed by atoms with Gasteiger partial charge in [-0.25, -0.2) is 9.18 Å². The largest absolute Gasteiger partial charge is 0.507 e. The van der Waals surface area contributed by atoms with Gasteiger partial charge in [0.1, 0.15) is 11.6 Å². The Bertz CT molecular complexity index is 1010. The Morgan fingerprint density at radius 3 is 2.63 bits per heavy atom. The Morgan fingerprint density at radius 2 is 1.96 bits per heavy atom. The molecule has 0 unspecified atom stereocenters. The summed E-state index contributed by atoms with van der Waals surface area (Å²) in [5.41, 5.74) is 0.638. The van der Waals surface area contributed by atoms with Crippen LogP contribution in [0, 0.1) is 5.82 Å². The Kier molecular flexibility index (Phi) is 5.14. The van der Waals surface area contributed by atoms with Crippen LogP contribution >= 0.6 is 15.9 Å². The highest BCUT2D eigenvalue weighted by molar-refractivity contribution is 9.10. The average Bonchev–Trinajstić information content (AvgIpc) is 2.88. The molecular formula is C20H15BrFNO4. The number of phenolic OH excluding ortho intramolecular Hbond substituents is 1. The van der Waals surface area contributed by atoms with Gasteiger partial charge in [-0.05, 0) is 43.3 Å². The highest BCUT2D eigenvalue weighted by atomic mass is 79.9. The molecule has 0 fully saturated rings. The SMILES string of the molecule is COC(=O)C1=C(C)N(c2ccccc2F)C(=O)/C1=C\c1cc(Br)ccc1O. The van der Waals surface area contributed by atoms with Gasteiger partial charge in [0, 0.05) is 15.7 Å². The molecule has 1 N–H and O–H groups in total. The van der Waals surface area contributed by atoms with E-state index in [-0.39, 0.29) is 28.3 Å². The molecule has 1 aliphatic heterocycles. The molecule has 1 amide bonds. The number of halogens is 2. The summed E-state index contributed by atoms with van der Waals surface area (Å²) in [6.45, 7) is 1.54. The maximum absolute atomic E-state index is 14.3. The highest BCUT2D eigenvalue weighted by Gasteiger charge is 2.38. The van der Waals surface area contributed by atoms with Gasteiger partial charge in [0.15, 0.2) is 0 Å². The lowest BCUT2D eigenvalue weighted by Gasteiger charge is -2.18. The van der Waals surface area contributed by atoms with Crippen molar-refractivity contribution in [3.05, 3.63) is 75.2 Å². The third-order valence-corrected chi connectivity index (χ3v) is 4.67. The van der Waals surface area contributed by atoms with Crippen LogP contribution in [0.25, 0.3) is 6.08 Å². The van der Waals surface area contributed by atoms with Crippen LogP contribution in [0.1, 0.15) is 12.5 Å². The van der Waals surface area contributed by atoms with Crippen molar-refractivity contribution in [2.24, 2.45) is 0 Å². The van der Waals surface area contributed by atoms with Crippen molar-refractivity contribution in [1.82, 2.24) is 0 Å². The van der Waals surface area contributed by atoms with Gasteiger partial charge in [-0.3, -0.25) is 9.69 Å². The van der Waals surface area contributed by atoms with E-state index in [4.69, 9.17) is 4.74 Å². The minimum Gasteiger partial charge on any atom is -0.507 e. The number of aromatic hydroxyl groups is 1. The molecule has 0 saturated carbocycles. The van der Waals surface area contributed by atoms with E-state index in [0.29, 0.717) is 10.0 Å². The lowest BCUT2D eigenvalue weighted by molar-refractivity contribution is -0.136. The molecule has 27 heavy (non-hydrogen) atoms. The predicted molar refractivity (Wildman–Crippen MR) is 102 cm³/mol. The van der Waals surface area contributed by atoms with Gasteiger partial charge in [-0.15, -0.1) is 0 Å². The second-order valence-electron chi connectivity index (χ2n) is 5.81. The van der Waals surface area contributed by atoms with Crippen LogP contribution in [-0.2, 0) is 14.3 Å². The number of rotatable bonds is 3. The van der Waals surface area contributed by atoms with E-state index in [1.165, 1.54) is 44.4 Å². The summed E-state index contributed by atoms with van der Waals surface area (Å²) in [6, 6.07) is 10.5. The van der Waals surface area contributed by atoms with Crippen molar-refractivity contribution < 1.29 is 23.8 Å². The van der Waals surface area contributed by atoms with Crippen LogP contribution in [-0.4, -0.2) is 24.1 Å². The Hall–Kier alpha value is -2.93. The molecule has 138 valence electrons. The quantitative estimate of drug-likeness (QED) is 0.584. The number of methoxy groups -OCH3 is 1. The fourth-order valence-corrected chi connectivity index (χ4v) is 3.28. The van der Waals surface area contributed by atoms with Crippen molar-refractivity contribution in [2.75, 3.05) is 12.0 Å². The highest BCUT2D eigenvalue weighted by Crippen LogP contribution is 2.37. The summed E-state index contributed by atoms with van der Waals surface area (Å²) in [4.78, 5) is 26.5. The van der Waals surface area contributed by atoms with Crippen LogP contribution in [0.15, 0.2) is 63.8 Å². The first-order valence-corrected chi connectivity index (χ1v) is 8.73. The van der Waals surface area contributed by atoms with Gasteiger partial charge >= 0.3 is 5.97 Å². The molecule has 2 aromatic carbocycles. The molecule has 0 saturated heterocycles. The zero-order valence-electron chi connectivity index (χ0n) is 14.5. The summed E-state index contributed by atoms with van der Waals surface area (Å²) in [5, 5.41) is 10.1. The van der Waals surface area contributed by atoms with Gasteiger partial charge in [-0.2, -0.15) is 0 Å². The van der Waals surface area contributed by atoms with Gasteiger partial charge in [-0.1, -0.05) is 28.1 Å². The van der Waals surface area contributed by atoms with E-state index in [1.807, 2.05) is 0 Å². The van der Waals surface area contributed by atoms with Crippen molar-refractivity contribution in [3.63, 3.8) is 0 Å². The molecule has 0 radical (unpaired) electrons. The maximum atomic E-state index is 14.3. The summed E-state index contributed by atoms with van der Waals surface area (Å²) < 4.78 is 19.8. The van der Waals surface area contributed by atoms with Crippen molar-refractivity contribution >= 4 is 39.6 Å². The van der Waals surface area contributed by atoms with E-state index < -0.39 is 17.7 Å². The second-order valence-corrected chi connectivity index (χ2v) is 6.72. The number of nitrogens with zero attached hydrogens (tertiary/aromatic N) is 1. The molecule has 2 aromatic rings. The van der Waals surface area contributed by atoms with E-state index in [2.05, 4.69) is 15.9 Å². The summed E-state index contributed by atoms with van der Waals surface area (Å²) >= 11 is 3.30.